The number of aliphatic hydroxyl groups is 1. The van der Waals surface area contributed by atoms with Crippen LogP contribution in [0.5, 0.6) is 0 Å². The van der Waals surface area contributed by atoms with Crippen molar-refractivity contribution in [2.24, 2.45) is 5.92 Å². The van der Waals surface area contributed by atoms with Gasteiger partial charge in [-0.25, -0.2) is 0 Å². The van der Waals surface area contributed by atoms with Crippen molar-refractivity contribution in [3.63, 3.8) is 0 Å². The first-order chi connectivity index (χ1) is 4.83. The SMILES string of the molecule is CN1CCC(CNCO)C1. The second kappa shape index (κ2) is 3.91. The summed E-state index contributed by atoms with van der Waals surface area (Å²) in [5, 5.41) is 11.4. The smallest absolute Gasteiger partial charge is 0.0931 e. The van der Waals surface area contributed by atoms with E-state index in [-0.39, 0.29) is 6.73 Å². The first kappa shape index (κ1) is 7.98. The van der Waals surface area contributed by atoms with E-state index in [0.29, 0.717) is 0 Å². The van der Waals surface area contributed by atoms with Crippen molar-refractivity contribution >= 4 is 0 Å². The molecule has 10 heavy (non-hydrogen) atoms. The maximum atomic E-state index is 8.47. The fraction of sp³-hybridized carbons (Fsp3) is 1.00. The molecule has 1 atom stereocenters. The molecule has 1 aliphatic rings. The van der Waals surface area contributed by atoms with Crippen LogP contribution in [0.4, 0.5) is 0 Å². The molecule has 0 amide bonds. The summed E-state index contributed by atoms with van der Waals surface area (Å²) in [4.78, 5) is 2.32. The molecule has 2 N–H and O–H groups in total. The van der Waals surface area contributed by atoms with Crippen molar-refractivity contribution in [2.45, 2.75) is 6.42 Å². The van der Waals surface area contributed by atoms with Crippen LogP contribution in [-0.4, -0.2) is 43.4 Å². The molecule has 0 aliphatic carbocycles. The topological polar surface area (TPSA) is 35.5 Å². The number of likely N-dealkylation sites (tertiary alicyclic amines) is 1. The highest BCUT2D eigenvalue weighted by Crippen LogP contribution is 2.12. The van der Waals surface area contributed by atoms with Crippen molar-refractivity contribution in [2.75, 3.05) is 33.4 Å². The van der Waals surface area contributed by atoms with Gasteiger partial charge in [0.15, 0.2) is 0 Å². The minimum Gasteiger partial charge on any atom is -0.381 e. The first-order valence-electron chi connectivity index (χ1n) is 3.83. The van der Waals surface area contributed by atoms with Crippen LogP contribution < -0.4 is 5.32 Å². The van der Waals surface area contributed by atoms with Gasteiger partial charge >= 0.3 is 0 Å². The average molecular weight is 144 g/mol. The van der Waals surface area contributed by atoms with Gasteiger partial charge in [0, 0.05) is 13.1 Å². The fourth-order valence-corrected chi connectivity index (χ4v) is 1.46. The summed E-state index contributed by atoms with van der Waals surface area (Å²) < 4.78 is 0. The highest BCUT2D eigenvalue weighted by atomic mass is 16.3. The van der Waals surface area contributed by atoms with E-state index in [1.165, 1.54) is 19.5 Å². The minimum absolute atomic E-state index is 0.111. The zero-order valence-corrected chi connectivity index (χ0v) is 6.51. The highest BCUT2D eigenvalue weighted by molar-refractivity contribution is 4.73. The van der Waals surface area contributed by atoms with Crippen molar-refractivity contribution < 1.29 is 5.11 Å². The summed E-state index contributed by atoms with van der Waals surface area (Å²) in [5.74, 6) is 0.747. The Kier molecular flexibility index (Phi) is 3.12. The Labute approximate surface area is 62.0 Å². The molecule has 0 saturated carbocycles. The van der Waals surface area contributed by atoms with Gasteiger partial charge in [0.25, 0.3) is 0 Å². The molecule has 1 rings (SSSR count). The molecule has 0 radical (unpaired) electrons. The highest BCUT2D eigenvalue weighted by Gasteiger charge is 2.17. The third-order valence-corrected chi connectivity index (χ3v) is 2.03. The standard InChI is InChI=1S/C7H16N2O/c1-9-3-2-7(5-9)4-8-6-10/h7-8,10H,2-6H2,1H3. The van der Waals surface area contributed by atoms with Crippen LogP contribution in [0.2, 0.25) is 0 Å². The predicted molar refractivity (Wildman–Crippen MR) is 40.7 cm³/mol. The van der Waals surface area contributed by atoms with Gasteiger partial charge < -0.3 is 10.0 Å². The zero-order chi connectivity index (χ0) is 7.40. The molecule has 0 bridgehead atoms. The summed E-state index contributed by atoms with van der Waals surface area (Å²) in [5.41, 5.74) is 0. The quantitative estimate of drug-likeness (QED) is 0.523. The molecular weight excluding hydrogens is 128 g/mol. The van der Waals surface area contributed by atoms with Crippen LogP contribution in [0, 0.1) is 5.92 Å². The van der Waals surface area contributed by atoms with E-state index >= 15 is 0 Å². The van der Waals surface area contributed by atoms with E-state index in [1.807, 2.05) is 0 Å². The lowest BCUT2D eigenvalue weighted by atomic mass is 10.1. The number of aliphatic hydroxyl groups excluding tert-OH is 1. The number of hydrogen-bond donors (Lipinski definition) is 2. The van der Waals surface area contributed by atoms with Crippen molar-refractivity contribution in [1.82, 2.24) is 10.2 Å². The monoisotopic (exact) mass is 144 g/mol. The average Bonchev–Trinajstić information content (AvgIpc) is 2.31. The predicted octanol–water partition coefficient (Wildman–Crippen LogP) is -0.522. The molecule has 1 unspecified atom stereocenters. The molecule has 1 fully saturated rings. The zero-order valence-electron chi connectivity index (χ0n) is 6.51. The van der Waals surface area contributed by atoms with E-state index in [2.05, 4.69) is 17.3 Å². The summed E-state index contributed by atoms with van der Waals surface area (Å²) in [6, 6.07) is 0. The Bertz CT molecular complexity index is 97.6. The van der Waals surface area contributed by atoms with Gasteiger partial charge in [0.05, 0.1) is 6.73 Å². The first-order valence-corrected chi connectivity index (χ1v) is 3.83. The van der Waals surface area contributed by atoms with E-state index in [1.54, 1.807) is 0 Å². The van der Waals surface area contributed by atoms with Crippen molar-refractivity contribution in [1.29, 1.82) is 0 Å². The summed E-state index contributed by atoms with van der Waals surface area (Å²) in [7, 11) is 2.14. The van der Waals surface area contributed by atoms with Crippen LogP contribution >= 0.6 is 0 Å². The van der Waals surface area contributed by atoms with Crippen LogP contribution in [0.1, 0.15) is 6.42 Å². The Morgan fingerprint density at radius 3 is 3.00 bits per heavy atom. The number of hydrogen-bond acceptors (Lipinski definition) is 3. The van der Waals surface area contributed by atoms with Crippen LogP contribution in [0.25, 0.3) is 0 Å². The lowest BCUT2D eigenvalue weighted by Crippen LogP contribution is -2.25. The molecular formula is C7H16N2O. The molecule has 3 heteroatoms. The van der Waals surface area contributed by atoms with Crippen LogP contribution in [0.15, 0.2) is 0 Å². The molecule has 3 nitrogen and oxygen atoms in total. The summed E-state index contributed by atoms with van der Waals surface area (Å²) in [6.07, 6.45) is 1.27. The maximum absolute atomic E-state index is 8.47. The molecule has 60 valence electrons. The molecule has 0 aromatic rings. The second-order valence-electron chi connectivity index (χ2n) is 3.03. The van der Waals surface area contributed by atoms with E-state index < -0.39 is 0 Å². The number of rotatable bonds is 3. The second-order valence-corrected chi connectivity index (χ2v) is 3.03. The van der Waals surface area contributed by atoms with Gasteiger partial charge in [-0.15, -0.1) is 0 Å². The van der Waals surface area contributed by atoms with Gasteiger partial charge in [-0.2, -0.15) is 0 Å². The van der Waals surface area contributed by atoms with E-state index in [9.17, 15) is 0 Å². The Morgan fingerprint density at radius 1 is 1.70 bits per heavy atom. The van der Waals surface area contributed by atoms with Crippen LogP contribution in [0.3, 0.4) is 0 Å². The minimum atomic E-state index is 0.111. The molecule has 1 aliphatic heterocycles. The third kappa shape index (κ3) is 2.25. The van der Waals surface area contributed by atoms with Gasteiger partial charge in [-0.3, -0.25) is 5.32 Å². The number of nitrogens with zero attached hydrogens (tertiary/aromatic N) is 1. The lowest BCUT2D eigenvalue weighted by Gasteiger charge is -2.09. The van der Waals surface area contributed by atoms with Gasteiger partial charge in [0.1, 0.15) is 0 Å². The fourth-order valence-electron chi connectivity index (χ4n) is 1.46. The van der Waals surface area contributed by atoms with Gasteiger partial charge in [-0.05, 0) is 25.9 Å². The summed E-state index contributed by atoms with van der Waals surface area (Å²) in [6.45, 7) is 3.45. The number of nitrogens with one attached hydrogen (secondary N) is 1. The van der Waals surface area contributed by atoms with Crippen molar-refractivity contribution in [3.8, 4) is 0 Å². The largest absolute Gasteiger partial charge is 0.381 e. The van der Waals surface area contributed by atoms with Crippen molar-refractivity contribution in [3.05, 3.63) is 0 Å². The molecule has 0 aromatic heterocycles. The normalized spacial score (nSPS) is 27.6. The molecule has 1 heterocycles. The Balaban J connectivity index is 2.06. The molecule has 1 saturated heterocycles. The van der Waals surface area contributed by atoms with E-state index in [4.69, 9.17) is 5.11 Å². The Hall–Kier alpha value is -0.120. The molecule has 0 aromatic carbocycles. The maximum Gasteiger partial charge on any atom is 0.0931 e. The van der Waals surface area contributed by atoms with Crippen LogP contribution in [-0.2, 0) is 0 Å². The van der Waals surface area contributed by atoms with E-state index in [0.717, 1.165) is 12.5 Å². The van der Waals surface area contributed by atoms with Gasteiger partial charge in [0.2, 0.25) is 0 Å². The Morgan fingerprint density at radius 2 is 2.50 bits per heavy atom. The van der Waals surface area contributed by atoms with Gasteiger partial charge in [-0.1, -0.05) is 0 Å². The molecule has 0 spiro atoms. The lowest BCUT2D eigenvalue weighted by molar-refractivity contribution is 0.249. The third-order valence-electron chi connectivity index (χ3n) is 2.03. The summed E-state index contributed by atoms with van der Waals surface area (Å²) >= 11 is 0.